The minimum Gasteiger partial charge on any atom is -0.324 e. The smallest absolute Gasteiger partial charge is 0.238 e. The molecule has 0 aliphatic heterocycles. The van der Waals surface area contributed by atoms with E-state index in [0.717, 1.165) is 28.8 Å². The van der Waals surface area contributed by atoms with Gasteiger partial charge in [-0.3, -0.25) is 9.69 Å². The molecule has 1 amide bonds. The summed E-state index contributed by atoms with van der Waals surface area (Å²) in [6.07, 6.45) is 0.885. The SMILES string of the molecule is CCc1cccc(C)c1NC(=O)CN(C)Cc1ccc(Cl)c(Cl)c1. The summed E-state index contributed by atoms with van der Waals surface area (Å²) in [4.78, 5) is 14.3. The fourth-order valence-corrected chi connectivity index (χ4v) is 2.95. The van der Waals surface area contributed by atoms with Gasteiger partial charge in [0.05, 0.1) is 16.6 Å². The van der Waals surface area contributed by atoms with E-state index in [1.165, 1.54) is 0 Å². The van der Waals surface area contributed by atoms with E-state index >= 15 is 0 Å². The van der Waals surface area contributed by atoms with Gasteiger partial charge >= 0.3 is 0 Å². The van der Waals surface area contributed by atoms with Crippen molar-refractivity contribution in [1.82, 2.24) is 4.90 Å². The molecular weight excluding hydrogens is 343 g/mol. The predicted molar refractivity (Wildman–Crippen MR) is 102 cm³/mol. The van der Waals surface area contributed by atoms with E-state index in [4.69, 9.17) is 23.2 Å². The minimum atomic E-state index is -0.0263. The Balaban J connectivity index is 1.98. The van der Waals surface area contributed by atoms with Crippen LogP contribution in [0, 0.1) is 6.92 Å². The van der Waals surface area contributed by atoms with Crippen LogP contribution in [0.1, 0.15) is 23.6 Å². The number of nitrogens with one attached hydrogen (secondary N) is 1. The van der Waals surface area contributed by atoms with E-state index < -0.39 is 0 Å². The molecule has 0 radical (unpaired) electrons. The number of para-hydroxylation sites is 1. The Hall–Kier alpha value is -1.55. The average Bonchev–Trinajstić information content (AvgIpc) is 2.52. The number of anilines is 1. The number of likely N-dealkylation sites (N-methyl/N-ethyl adjacent to an activating group) is 1. The van der Waals surface area contributed by atoms with Crippen LogP contribution >= 0.6 is 23.2 Å². The zero-order valence-electron chi connectivity index (χ0n) is 14.2. The second-order valence-electron chi connectivity index (χ2n) is 5.93. The molecule has 0 saturated heterocycles. The molecule has 2 aromatic rings. The number of rotatable bonds is 6. The molecule has 1 N–H and O–H groups in total. The summed E-state index contributed by atoms with van der Waals surface area (Å²) < 4.78 is 0. The van der Waals surface area contributed by atoms with Crippen molar-refractivity contribution in [1.29, 1.82) is 0 Å². The zero-order valence-corrected chi connectivity index (χ0v) is 15.7. The van der Waals surface area contributed by atoms with Gasteiger partial charge in [-0.2, -0.15) is 0 Å². The van der Waals surface area contributed by atoms with Crippen LogP contribution < -0.4 is 5.32 Å². The van der Waals surface area contributed by atoms with Crippen molar-refractivity contribution in [2.75, 3.05) is 18.9 Å². The minimum absolute atomic E-state index is 0.0263. The van der Waals surface area contributed by atoms with Crippen molar-refractivity contribution >= 4 is 34.8 Å². The van der Waals surface area contributed by atoms with Crippen LogP contribution in [-0.4, -0.2) is 24.4 Å². The number of hydrogen-bond donors (Lipinski definition) is 1. The van der Waals surface area contributed by atoms with Crippen LogP contribution in [0.3, 0.4) is 0 Å². The largest absolute Gasteiger partial charge is 0.324 e. The van der Waals surface area contributed by atoms with Gasteiger partial charge in [-0.25, -0.2) is 0 Å². The highest BCUT2D eigenvalue weighted by molar-refractivity contribution is 6.42. The topological polar surface area (TPSA) is 32.3 Å². The van der Waals surface area contributed by atoms with Gasteiger partial charge in [-0.05, 0) is 49.2 Å². The molecule has 3 nitrogen and oxygen atoms in total. The second-order valence-corrected chi connectivity index (χ2v) is 6.75. The van der Waals surface area contributed by atoms with E-state index in [2.05, 4.69) is 12.2 Å². The third-order valence-corrected chi connectivity index (χ3v) is 4.59. The van der Waals surface area contributed by atoms with Crippen LogP contribution in [0.5, 0.6) is 0 Å². The van der Waals surface area contributed by atoms with Crippen LogP contribution in [-0.2, 0) is 17.8 Å². The first-order valence-electron chi connectivity index (χ1n) is 7.91. The molecule has 0 saturated carbocycles. The van der Waals surface area contributed by atoms with E-state index in [9.17, 15) is 4.79 Å². The monoisotopic (exact) mass is 364 g/mol. The maximum Gasteiger partial charge on any atom is 0.238 e. The van der Waals surface area contributed by atoms with Gasteiger partial charge in [0.2, 0.25) is 5.91 Å². The summed E-state index contributed by atoms with van der Waals surface area (Å²) in [5, 5.41) is 4.10. The first-order valence-corrected chi connectivity index (χ1v) is 8.67. The number of carbonyl (C=O) groups excluding carboxylic acids is 1. The highest BCUT2D eigenvalue weighted by atomic mass is 35.5. The normalized spacial score (nSPS) is 10.9. The lowest BCUT2D eigenvalue weighted by molar-refractivity contribution is -0.117. The third-order valence-electron chi connectivity index (χ3n) is 3.85. The summed E-state index contributed by atoms with van der Waals surface area (Å²) in [7, 11) is 1.90. The number of aryl methyl sites for hydroxylation is 2. The summed E-state index contributed by atoms with van der Waals surface area (Å²) in [5.74, 6) is -0.0263. The summed E-state index contributed by atoms with van der Waals surface area (Å²) in [6.45, 7) is 5.02. The number of carbonyl (C=O) groups is 1. The Kier molecular flexibility index (Phi) is 6.67. The molecular formula is C19H22Cl2N2O. The molecule has 0 bridgehead atoms. The fraction of sp³-hybridized carbons (Fsp3) is 0.316. The molecule has 0 heterocycles. The van der Waals surface area contributed by atoms with Crippen molar-refractivity contribution in [3.8, 4) is 0 Å². The van der Waals surface area contributed by atoms with Crippen molar-refractivity contribution in [3.05, 3.63) is 63.1 Å². The molecule has 0 unspecified atom stereocenters. The van der Waals surface area contributed by atoms with Gasteiger partial charge in [-0.1, -0.05) is 54.4 Å². The molecule has 0 aromatic heterocycles. The molecule has 2 aromatic carbocycles. The van der Waals surface area contributed by atoms with E-state index in [-0.39, 0.29) is 5.91 Å². The van der Waals surface area contributed by atoms with Gasteiger partial charge in [-0.15, -0.1) is 0 Å². The lowest BCUT2D eigenvalue weighted by Gasteiger charge is -2.18. The molecule has 0 spiro atoms. The van der Waals surface area contributed by atoms with Gasteiger partial charge < -0.3 is 5.32 Å². The molecule has 0 aliphatic carbocycles. The number of amides is 1. The Labute approximate surface area is 153 Å². The lowest BCUT2D eigenvalue weighted by atomic mass is 10.1. The first-order chi connectivity index (χ1) is 11.4. The summed E-state index contributed by atoms with van der Waals surface area (Å²) in [6, 6.07) is 11.6. The van der Waals surface area contributed by atoms with Crippen LogP contribution in [0.25, 0.3) is 0 Å². The second kappa shape index (κ2) is 8.52. The molecule has 2 rings (SSSR count). The summed E-state index contributed by atoms with van der Waals surface area (Å²) in [5.41, 5.74) is 4.17. The molecule has 0 aliphatic rings. The lowest BCUT2D eigenvalue weighted by Crippen LogP contribution is -2.30. The number of halogens is 2. The fourth-order valence-electron chi connectivity index (χ4n) is 2.63. The van der Waals surface area contributed by atoms with Gasteiger partial charge in [0, 0.05) is 12.2 Å². The van der Waals surface area contributed by atoms with E-state index in [1.54, 1.807) is 6.07 Å². The van der Waals surface area contributed by atoms with Crippen molar-refractivity contribution in [2.24, 2.45) is 0 Å². The summed E-state index contributed by atoms with van der Waals surface area (Å²) >= 11 is 12.0. The first kappa shape index (κ1) is 18.8. The van der Waals surface area contributed by atoms with Crippen molar-refractivity contribution in [2.45, 2.75) is 26.8 Å². The standard InChI is InChI=1S/C19H22Cl2N2O/c1-4-15-7-5-6-13(2)19(15)22-18(24)12-23(3)11-14-8-9-16(20)17(21)10-14/h5-10H,4,11-12H2,1-3H3,(H,22,24). The van der Waals surface area contributed by atoms with Crippen LogP contribution in [0.4, 0.5) is 5.69 Å². The van der Waals surface area contributed by atoms with Gasteiger partial charge in [0.1, 0.15) is 0 Å². The van der Waals surface area contributed by atoms with E-state index in [1.807, 2.05) is 49.2 Å². The predicted octanol–water partition coefficient (Wildman–Crippen LogP) is 4.93. The maximum absolute atomic E-state index is 12.4. The molecule has 5 heteroatoms. The quantitative estimate of drug-likeness (QED) is 0.787. The van der Waals surface area contributed by atoms with Gasteiger partial charge in [0.15, 0.2) is 0 Å². The number of hydrogen-bond acceptors (Lipinski definition) is 2. The zero-order chi connectivity index (χ0) is 17.7. The highest BCUT2D eigenvalue weighted by Gasteiger charge is 2.11. The van der Waals surface area contributed by atoms with Gasteiger partial charge in [0.25, 0.3) is 0 Å². The number of benzene rings is 2. The molecule has 24 heavy (non-hydrogen) atoms. The average molecular weight is 365 g/mol. The van der Waals surface area contributed by atoms with Crippen molar-refractivity contribution < 1.29 is 4.79 Å². The van der Waals surface area contributed by atoms with Crippen LogP contribution in [0.15, 0.2) is 36.4 Å². The Bertz CT molecular complexity index is 731. The highest BCUT2D eigenvalue weighted by Crippen LogP contribution is 2.23. The van der Waals surface area contributed by atoms with Crippen LogP contribution in [0.2, 0.25) is 10.0 Å². The number of nitrogens with zero attached hydrogens (tertiary/aromatic N) is 1. The third kappa shape index (κ3) is 4.97. The molecule has 0 atom stereocenters. The Morgan fingerprint density at radius 3 is 2.58 bits per heavy atom. The Morgan fingerprint density at radius 2 is 1.92 bits per heavy atom. The molecule has 0 fully saturated rings. The Morgan fingerprint density at radius 1 is 1.17 bits per heavy atom. The van der Waals surface area contributed by atoms with E-state index in [0.29, 0.717) is 23.1 Å². The maximum atomic E-state index is 12.4. The molecule has 128 valence electrons. The van der Waals surface area contributed by atoms with Crippen molar-refractivity contribution in [3.63, 3.8) is 0 Å².